The SMILES string of the molecule is CCn1c(COc2cccc(C)c2C)nnc1SCC(=O)Nc1sc(C)cc1C(=O)OC. The summed E-state index contributed by atoms with van der Waals surface area (Å²) in [5, 5.41) is 12.4. The molecule has 0 unspecified atom stereocenters. The van der Waals surface area contributed by atoms with E-state index in [9.17, 15) is 9.59 Å². The Balaban J connectivity index is 1.62. The molecule has 1 amide bonds. The molecule has 0 radical (unpaired) electrons. The highest BCUT2D eigenvalue weighted by Gasteiger charge is 2.19. The Kier molecular flexibility index (Phi) is 7.92. The predicted molar refractivity (Wildman–Crippen MR) is 126 cm³/mol. The van der Waals surface area contributed by atoms with Gasteiger partial charge in [0.2, 0.25) is 5.91 Å². The van der Waals surface area contributed by atoms with Crippen molar-refractivity contribution in [3.05, 3.63) is 51.7 Å². The molecule has 8 nitrogen and oxygen atoms in total. The highest BCUT2D eigenvalue weighted by Crippen LogP contribution is 2.29. The number of rotatable bonds is 9. The summed E-state index contributed by atoms with van der Waals surface area (Å²) in [7, 11) is 1.32. The molecule has 10 heteroatoms. The molecule has 0 atom stereocenters. The van der Waals surface area contributed by atoms with E-state index >= 15 is 0 Å². The average Bonchev–Trinajstić information content (AvgIpc) is 3.34. The number of nitrogens with zero attached hydrogens (tertiary/aromatic N) is 3. The van der Waals surface area contributed by atoms with Crippen molar-refractivity contribution >= 4 is 40.0 Å². The number of amides is 1. The molecule has 0 saturated heterocycles. The molecule has 0 saturated carbocycles. The molecule has 0 aliphatic heterocycles. The van der Waals surface area contributed by atoms with Crippen LogP contribution in [0.3, 0.4) is 0 Å². The van der Waals surface area contributed by atoms with Gasteiger partial charge in [-0.3, -0.25) is 4.79 Å². The van der Waals surface area contributed by atoms with Gasteiger partial charge in [-0.25, -0.2) is 4.79 Å². The van der Waals surface area contributed by atoms with Gasteiger partial charge in [0.15, 0.2) is 11.0 Å². The molecule has 0 aliphatic carbocycles. The van der Waals surface area contributed by atoms with Crippen LogP contribution >= 0.6 is 23.1 Å². The fraction of sp³-hybridized carbons (Fsp3) is 0.364. The number of aryl methyl sites for hydroxylation is 2. The summed E-state index contributed by atoms with van der Waals surface area (Å²) in [4.78, 5) is 25.3. The van der Waals surface area contributed by atoms with E-state index in [1.807, 2.05) is 50.5 Å². The van der Waals surface area contributed by atoms with Gasteiger partial charge < -0.3 is 19.4 Å². The first kappa shape index (κ1) is 23.8. The molecule has 0 aliphatic rings. The molecule has 32 heavy (non-hydrogen) atoms. The monoisotopic (exact) mass is 474 g/mol. The number of hydrogen-bond acceptors (Lipinski definition) is 8. The Labute approximate surface area is 195 Å². The minimum absolute atomic E-state index is 0.132. The van der Waals surface area contributed by atoms with Crippen molar-refractivity contribution < 1.29 is 19.1 Å². The van der Waals surface area contributed by atoms with E-state index in [1.165, 1.54) is 30.2 Å². The predicted octanol–water partition coefficient (Wildman–Crippen LogP) is 4.38. The molecule has 2 aromatic heterocycles. The van der Waals surface area contributed by atoms with Crippen LogP contribution in [0.4, 0.5) is 5.00 Å². The molecule has 0 bridgehead atoms. The highest BCUT2D eigenvalue weighted by molar-refractivity contribution is 7.99. The van der Waals surface area contributed by atoms with E-state index in [0.29, 0.717) is 28.1 Å². The number of methoxy groups -OCH3 is 1. The van der Waals surface area contributed by atoms with E-state index in [-0.39, 0.29) is 18.3 Å². The van der Waals surface area contributed by atoms with E-state index in [4.69, 9.17) is 9.47 Å². The van der Waals surface area contributed by atoms with Crippen LogP contribution in [0.2, 0.25) is 0 Å². The van der Waals surface area contributed by atoms with Crippen LogP contribution in [0.15, 0.2) is 29.4 Å². The van der Waals surface area contributed by atoms with Gasteiger partial charge >= 0.3 is 5.97 Å². The molecule has 3 rings (SSSR count). The van der Waals surface area contributed by atoms with Crippen LogP contribution in [-0.2, 0) is 22.7 Å². The fourth-order valence-electron chi connectivity index (χ4n) is 3.03. The molecule has 2 heterocycles. The standard InChI is InChI=1S/C22H26N4O4S2/c1-6-26-18(11-30-17-9-7-8-13(2)15(17)4)24-25-22(26)31-12-19(27)23-20-16(21(28)29-5)10-14(3)32-20/h7-10H,6,11-12H2,1-5H3,(H,23,27). The van der Waals surface area contributed by atoms with Crippen molar-refractivity contribution in [2.75, 3.05) is 18.2 Å². The summed E-state index contributed by atoms with van der Waals surface area (Å²) < 4.78 is 12.7. The molecule has 3 aromatic rings. The van der Waals surface area contributed by atoms with Gasteiger partial charge in [-0.1, -0.05) is 23.9 Å². The van der Waals surface area contributed by atoms with Crippen molar-refractivity contribution in [3.63, 3.8) is 0 Å². The Hall–Kier alpha value is -2.85. The normalized spacial score (nSPS) is 10.8. The van der Waals surface area contributed by atoms with Gasteiger partial charge in [0.1, 0.15) is 17.4 Å². The summed E-state index contributed by atoms with van der Waals surface area (Å²) >= 11 is 2.62. The second-order valence-corrected chi connectivity index (χ2v) is 9.26. The minimum atomic E-state index is -0.475. The van der Waals surface area contributed by atoms with Crippen molar-refractivity contribution in [2.45, 2.75) is 46.0 Å². The number of esters is 1. The summed E-state index contributed by atoms with van der Waals surface area (Å²) in [5.74, 6) is 0.931. The Morgan fingerprint density at radius 1 is 1.22 bits per heavy atom. The topological polar surface area (TPSA) is 95.3 Å². The van der Waals surface area contributed by atoms with Gasteiger partial charge in [0.05, 0.1) is 18.4 Å². The second-order valence-electron chi connectivity index (χ2n) is 7.06. The molecular weight excluding hydrogens is 448 g/mol. The Morgan fingerprint density at radius 2 is 2.00 bits per heavy atom. The lowest BCUT2D eigenvalue weighted by Crippen LogP contribution is -2.16. The maximum atomic E-state index is 12.5. The van der Waals surface area contributed by atoms with Crippen LogP contribution in [0.5, 0.6) is 5.75 Å². The number of nitrogens with one attached hydrogen (secondary N) is 1. The summed E-state index contributed by atoms with van der Waals surface area (Å²) in [6.45, 7) is 8.87. The molecule has 1 aromatic carbocycles. The molecule has 0 fully saturated rings. The first-order chi connectivity index (χ1) is 15.3. The first-order valence-electron chi connectivity index (χ1n) is 10.1. The van der Waals surface area contributed by atoms with E-state index < -0.39 is 5.97 Å². The third-order valence-electron chi connectivity index (χ3n) is 4.87. The smallest absolute Gasteiger partial charge is 0.340 e. The zero-order chi connectivity index (χ0) is 23.3. The molecule has 1 N–H and O–H groups in total. The lowest BCUT2D eigenvalue weighted by Gasteiger charge is -2.11. The second kappa shape index (κ2) is 10.6. The summed E-state index contributed by atoms with van der Waals surface area (Å²) in [6, 6.07) is 7.64. The number of benzene rings is 1. The molecule has 0 spiro atoms. The van der Waals surface area contributed by atoms with Crippen molar-refractivity contribution in [1.82, 2.24) is 14.8 Å². The number of carbonyl (C=O) groups excluding carboxylic acids is 2. The van der Waals surface area contributed by atoms with E-state index in [2.05, 4.69) is 15.5 Å². The number of hydrogen-bond donors (Lipinski definition) is 1. The van der Waals surface area contributed by atoms with E-state index in [0.717, 1.165) is 21.8 Å². The largest absolute Gasteiger partial charge is 0.485 e. The number of carbonyl (C=O) groups is 2. The first-order valence-corrected chi connectivity index (χ1v) is 11.9. The van der Waals surface area contributed by atoms with Gasteiger partial charge in [0.25, 0.3) is 0 Å². The minimum Gasteiger partial charge on any atom is -0.485 e. The van der Waals surface area contributed by atoms with Crippen LogP contribution in [0.25, 0.3) is 0 Å². The molecular formula is C22H26N4O4S2. The third kappa shape index (κ3) is 5.49. The van der Waals surface area contributed by atoms with Crippen molar-refractivity contribution in [2.24, 2.45) is 0 Å². The summed E-state index contributed by atoms with van der Waals surface area (Å²) in [5.41, 5.74) is 2.62. The molecule has 170 valence electrons. The van der Waals surface area contributed by atoms with Gasteiger partial charge in [-0.05, 0) is 51.0 Å². The maximum Gasteiger partial charge on any atom is 0.340 e. The van der Waals surface area contributed by atoms with Crippen molar-refractivity contribution in [1.29, 1.82) is 0 Å². The van der Waals surface area contributed by atoms with Crippen LogP contribution in [0.1, 0.15) is 39.1 Å². The quantitative estimate of drug-likeness (QED) is 0.363. The average molecular weight is 475 g/mol. The number of ether oxygens (including phenoxy) is 2. The van der Waals surface area contributed by atoms with Crippen LogP contribution in [0, 0.1) is 20.8 Å². The van der Waals surface area contributed by atoms with Gasteiger partial charge in [-0.2, -0.15) is 0 Å². The number of anilines is 1. The van der Waals surface area contributed by atoms with Gasteiger partial charge in [-0.15, -0.1) is 21.5 Å². The van der Waals surface area contributed by atoms with Crippen LogP contribution < -0.4 is 10.1 Å². The van der Waals surface area contributed by atoms with Gasteiger partial charge in [0, 0.05) is 11.4 Å². The van der Waals surface area contributed by atoms with Crippen molar-refractivity contribution in [3.8, 4) is 5.75 Å². The number of aromatic nitrogens is 3. The lowest BCUT2D eigenvalue weighted by molar-refractivity contribution is -0.113. The number of thioether (sulfide) groups is 1. The van der Waals surface area contributed by atoms with Crippen LogP contribution in [-0.4, -0.2) is 39.5 Å². The Bertz CT molecular complexity index is 1120. The summed E-state index contributed by atoms with van der Waals surface area (Å²) in [6.07, 6.45) is 0. The third-order valence-corrected chi connectivity index (χ3v) is 6.80. The number of thiophene rings is 1. The zero-order valence-corrected chi connectivity index (χ0v) is 20.4. The fourth-order valence-corrected chi connectivity index (χ4v) is 4.77. The Morgan fingerprint density at radius 3 is 2.72 bits per heavy atom. The lowest BCUT2D eigenvalue weighted by atomic mass is 10.1. The van der Waals surface area contributed by atoms with E-state index in [1.54, 1.807) is 6.07 Å². The highest BCUT2D eigenvalue weighted by atomic mass is 32.2. The zero-order valence-electron chi connectivity index (χ0n) is 18.7. The maximum absolute atomic E-state index is 12.5.